The number of nitrogens with one attached hydrogen (secondary N) is 2. The predicted molar refractivity (Wildman–Crippen MR) is 128 cm³/mol. The number of amides is 1. The Morgan fingerprint density at radius 3 is 2.15 bits per heavy atom. The van der Waals surface area contributed by atoms with Gasteiger partial charge in [-0.05, 0) is 87.0 Å². The molecule has 3 rings (SSSR count). The van der Waals surface area contributed by atoms with E-state index in [2.05, 4.69) is 10.0 Å². The van der Waals surface area contributed by atoms with Crippen molar-refractivity contribution < 1.29 is 27.1 Å². The molecule has 180 valence electrons. The summed E-state index contributed by atoms with van der Waals surface area (Å²) < 4.78 is 51.6. The first kappa shape index (κ1) is 25.0. The number of hydrogen-bond acceptors (Lipinski definition) is 5. The number of hydrogen-bond donors (Lipinski definition) is 2. The molecule has 0 aromatic heterocycles. The lowest BCUT2D eigenvalue weighted by atomic mass is 10.1. The number of ether oxygens (including phenoxy) is 2. The van der Waals surface area contributed by atoms with Crippen molar-refractivity contribution >= 4 is 21.6 Å². The minimum Gasteiger partial charge on any atom is -0.490 e. The molecule has 0 saturated heterocycles. The highest BCUT2D eigenvalue weighted by molar-refractivity contribution is 7.92. The van der Waals surface area contributed by atoms with Gasteiger partial charge in [-0.15, -0.1) is 0 Å². The minimum atomic E-state index is -3.87. The molecule has 0 fully saturated rings. The molecule has 34 heavy (non-hydrogen) atoms. The second-order valence-electron chi connectivity index (χ2n) is 7.40. The van der Waals surface area contributed by atoms with E-state index in [0.717, 1.165) is 17.7 Å². The van der Waals surface area contributed by atoms with Gasteiger partial charge in [0, 0.05) is 11.3 Å². The van der Waals surface area contributed by atoms with Crippen molar-refractivity contribution in [1.82, 2.24) is 5.32 Å². The second-order valence-corrected chi connectivity index (χ2v) is 9.09. The van der Waals surface area contributed by atoms with E-state index in [1.54, 1.807) is 0 Å². The highest BCUT2D eigenvalue weighted by Gasteiger charge is 2.16. The molecule has 0 radical (unpaired) electrons. The molecule has 9 heteroatoms. The van der Waals surface area contributed by atoms with Crippen LogP contribution in [0.4, 0.5) is 10.1 Å². The molecule has 3 aromatic carbocycles. The first-order valence-electron chi connectivity index (χ1n) is 10.8. The average Bonchev–Trinajstić information content (AvgIpc) is 2.81. The van der Waals surface area contributed by atoms with Crippen LogP contribution in [0.1, 0.15) is 42.7 Å². The molecule has 0 heterocycles. The Hall–Kier alpha value is -3.59. The number of carbonyl (C=O) groups excluding carboxylic acids is 1. The van der Waals surface area contributed by atoms with E-state index >= 15 is 0 Å². The van der Waals surface area contributed by atoms with E-state index in [1.807, 2.05) is 39.0 Å². The van der Waals surface area contributed by atoms with E-state index in [4.69, 9.17) is 9.47 Å². The standard InChI is InChI=1S/C25H27FN2O5S/c1-4-32-23-15-8-19(16-24(23)33-5-2)17(3)27-25(29)18-6-11-21(12-7-18)28-34(30,31)22-13-9-20(26)10-14-22/h6-17,28H,4-5H2,1-3H3,(H,27,29). The topological polar surface area (TPSA) is 93.7 Å². The Morgan fingerprint density at radius 2 is 1.53 bits per heavy atom. The number of rotatable bonds is 10. The highest BCUT2D eigenvalue weighted by Crippen LogP contribution is 2.31. The number of benzene rings is 3. The van der Waals surface area contributed by atoms with Crippen molar-refractivity contribution in [2.45, 2.75) is 31.7 Å². The largest absolute Gasteiger partial charge is 0.490 e. The summed E-state index contributed by atoms with van der Waals surface area (Å²) in [6, 6.07) is 15.7. The zero-order chi connectivity index (χ0) is 24.7. The van der Waals surface area contributed by atoms with Gasteiger partial charge in [0.05, 0.1) is 24.2 Å². The van der Waals surface area contributed by atoms with Gasteiger partial charge >= 0.3 is 0 Å². The Balaban J connectivity index is 1.67. The zero-order valence-corrected chi connectivity index (χ0v) is 20.0. The van der Waals surface area contributed by atoms with Gasteiger partial charge in [0.2, 0.25) is 0 Å². The second kappa shape index (κ2) is 11.0. The molecular weight excluding hydrogens is 459 g/mol. The molecule has 1 unspecified atom stereocenters. The average molecular weight is 487 g/mol. The Morgan fingerprint density at radius 1 is 0.912 bits per heavy atom. The minimum absolute atomic E-state index is 0.0636. The number of halogens is 1. The van der Waals surface area contributed by atoms with Crippen LogP contribution in [-0.4, -0.2) is 27.5 Å². The monoisotopic (exact) mass is 486 g/mol. The van der Waals surface area contributed by atoms with Crippen LogP contribution in [0.15, 0.2) is 71.6 Å². The van der Waals surface area contributed by atoms with Crippen LogP contribution in [0.25, 0.3) is 0 Å². The molecule has 3 aromatic rings. The fraction of sp³-hybridized carbons (Fsp3) is 0.240. The number of sulfonamides is 1. The Labute approximate surface area is 199 Å². The van der Waals surface area contributed by atoms with Crippen molar-refractivity contribution in [2.24, 2.45) is 0 Å². The van der Waals surface area contributed by atoms with Crippen molar-refractivity contribution in [3.8, 4) is 11.5 Å². The van der Waals surface area contributed by atoms with Gasteiger partial charge in [-0.3, -0.25) is 9.52 Å². The van der Waals surface area contributed by atoms with Crippen molar-refractivity contribution in [2.75, 3.05) is 17.9 Å². The van der Waals surface area contributed by atoms with E-state index in [0.29, 0.717) is 30.3 Å². The van der Waals surface area contributed by atoms with Crippen LogP contribution in [-0.2, 0) is 10.0 Å². The van der Waals surface area contributed by atoms with Gasteiger partial charge in [0.1, 0.15) is 5.82 Å². The first-order chi connectivity index (χ1) is 16.2. The van der Waals surface area contributed by atoms with Gasteiger partial charge < -0.3 is 14.8 Å². The summed E-state index contributed by atoms with van der Waals surface area (Å²) in [5.41, 5.74) is 1.50. The Kier molecular flexibility index (Phi) is 8.12. The lowest BCUT2D eigenvalue weighted by molar-refractivity contribution is 0.0940. The smallest absolute Gasteiger partial charge is 0.261 e. The molecule has 0 aliphatic rings. The molecular formula is C25H27FN2O5S. The van der Waals surface area contributed by atoms with Crippen molar-refractivity contribution in [3.05, 3.63) is 83.7 Å². The van der Waals surface area contributed by atoms with E-state index in [1.165, 1.54) is 36.4 Å². The highest BCUT2D eigenvalue weighted by atomic mass is 32.2. The quantitative estimate of drug-likeness (QED) is 0.425. The van der Waals surface area contributed by atoms with Gasteiger partial charge in [-0.1, -0.05) is 6.07 Å². The van der Waals surface area contributed by atoms with Gasteiger partial charge in [-0.25, -0.2) is 12.8 Å². The molecule has 1 atom stereocenters. The summed E-state index contributed by atoms with van der Waals surface area (Å²) in [5, 5.41) is 2.92. The van der Waals surface area contributed by atoms with Gasteiger partial charge in [0.15, 0.2) is 11.5 Å². The fourth-order valence-electron chi connectivity index (χ4n) is 3.22. The van der Waals surface area contributed by atoms with Crippen LogP contribution in [0.2, 0.25) is 0 Å². The molecule has 7 nitrogen and oxygen atoms in total. The van der Waals surface area contributed by atoms with Crippen LogP contribution in [0.3, 0.4) is 0 Å². The molecule has 0 spiro atoms. The third-order valence-corrected chi connectivity index (χ3v) is 6.34. The maximum absolute atomic E-state index is 13.1. The van der Waals surface area contributed by atoms with Gasteiger partial charge in [-0.2, -0.15) is 0 Å². The molecule has 0 aliphatic carbocycles. The maximum atomic E-state index is 13.1. The zero-order valence-electron chi connectivity index (χ0n) is 19.2. The van der Waals surface area contributed by atoms with Crippen LogP contribution in [0, 0.1) is 5.82 Å². The van der Waals surface area contributed by atoms with Crippen LogP contribution < -0.4 is 19.5 Å². The lowest BCUT2D eigenvalue weighted by Crippen LogP contribution is -2.26. The van der Waals surface area contributed by atoms with Gasteiger partial charge in [0.25, 0.3) is 15.9 Å². The van der Waals surface area contributed by atoms with Crippen molar-refractivity contribution in [3.63, 3.8) is 0 Å². The summed E-state index contributed by atoms with van der Waals surface area (Å²) >= 11 is 0. The molecule has 0 aliphatic heterocycles. The van der Waals surface area contributed by atoms with Crippen LogP contribution >= 0.6 is 0 Å². The third-order valence-electron chi connectivity index (χ3n) is 4.94. The van der Waals surface area contributed by atoms with E-state index in [9.17, 15) is 17.6 Å². The summed E-state index contributed by atoms with van der Waals surface area (Å²) in [6.45, 7) is 6.64. The van der Waals surface area contributed by atoms with E-state index < -0.39 is 15.8 Å². The predicted octanol–water partition coefficient (Wildman–Crippen LogP) is 4.91. The number of anilines is 1. The summed E-state index contributed by atoms with van der Waals surface area (Å²) in [7, 11) is -3.87. The lowest BCUT2D eigenvalue weighted by Gasteiger charge is -2.18. The maximum Gasteiger partial charge on any atom is 0.261 e. The van der Waals surface area contributed by atoms with Crippen LogP contribution in [0.5, 0.6) is 11.5 Å². The molecule has 0 bridgehead atoms. The third kappa shape index (κ3) is 6.26. The summed E-state index contributed by atoms with van der Waals surface area (Å²) in [4.78, 5) is 12.7. The van der Waals surface area contributed by atoms with E-state index in [-0.39, 0.29) is 22.5 Å². The van der Waals surface area contributed by atoms with Crippen molar-refractivity contribution in [1.29, 1.82) is 0 Å². The first-order valence-corrected chi connectivity index (χ1v) is 12.3. The Bertz CT molecular complexity index is 1230. The fourth-order valence-corrected chi connectivity index (χ4v) is 4.28. The molecule has 1 amide bonds. The summed E-state index contributed by atoms with van der Waals surface area (Å²) in [5.74, 6) is 0.418. The SMILES string of the molecule is CCOc1ccc(C(C)NC(=O)c2ccc(NS(=O)(=O)c3ccc(F)cc3)cc2)cc1OCC. The number of carbonyl (C=O) groups is 1. The molecule has 2 N–H and O–H groups in total. The normalized spacial score (nSPS) is 12.0. The summed E-state index contributed by atoms with van der Waals surface area (Å²) in [6.07, 6.45) is 0. The molecule has 0 saturated carbocycles.